The lowest BCUT2D eigenvalue weighted by Gasteiger charge is -2.23. The van der Waals surface area contributed by atoms with Crippen LogP contribution >= 0.6 is 0 Å². The third kappa shape index (κ3) is 4.16. The van der Waals surface area contributed by atoms with E-state index in [9.17, 15) is 14.0 Å². The number of carbonyl (C=O) groups excluding carboxylic acids is 2. The maximum absolute atomic E-state index is 14.0. The molecule has 0 atom stereocenters. The largest absolute Gasteiger partial charge is 0.484 e. The second kappa shape index (κ2) is 8.00. The topological polar surface area (TPSA) is 49.9 Å². The van der Waals surface area contributed by atoms with Crippen LogP contribution in [0.3, 0.4) is 0 Å². The number of anilines is 1. The van der Waals surface area contributed by atoms with Gasteiger partial charge in [0.05, 0.1) is 0 Å². The molecule has 0 aromatic heterocycles. The first-order chi connectivity index (χ1) is 13.6. The van der Waals surface area contributed by atoms with Crippen LogP contribution in [0.1, 0.15) is 31.2 Å². The van der Waals surface area contributed by atoms with Crippen LogP contribution < -0.4 is 9.64 Å². The van der Waals surface area contributed by atoms with Gasteiger partial charge in [0.25, 0.3) is 5.91 Å². The van der Waals surface area contributed by atoms with Crippen molar-refractivity contribution in [1.29, 1.82) is 0 Å². The van der Waals surface area contributed by atoms with Gasteiger partial charge >= 0.3 is 0 Å². The summed E-state index contributed by atoms with van der Waals surface area (Å²) in [7, 11) is 0. The van der Waals surface area contributed by atoms with E-state index in [1.165, 1.54) is 6.07 Å². The van der Waals surface area contributed by atoms with Crippen molar-refractivity contribution in [3.63, 3.8) is 0 Å². The number of carbonyl (C=O) groups is 2. The van der Waals surface area contributed by atoms with E-state index >= 15 is 0 Å². The predicted octanol–water partition coefficient (Wildman–Crippen LogP) is 3.52. The molecule has 2 aromatic carbocycles. The van der Waals surface area contributed by atoms with Crippen molar-refractivity contribution in [2.75, 3.05) is 18.1 Å². The molecule has 1 aliphatic carbocycles. The average molecular weight is 382 g/mol. The molecule has 0 radical (unpaired) electrons. The zero-order valence-electron chi connectivity index (χ0n) is 15.6. The van der Waals surface area contributed by atoms with Crippen molar-refractivity contribution >= 4 is 17.5 Å². The summed E-state index contributed by atoms with van der Waals surface area (Å²) in [5, 5.41) is 0. The van der Waals surface area contributed by atoms with Gasteiger partial charge in [-0.15, -0.1) is 0 Å². The third-order valence-corrected chi connectivity index (χ3v) is 5.17. The van der Waals surface area contributed by atoms with Crippen LogP contribution in [0.25, 0.3) is 0 Å². The maximum atomic E-state index is 14.0. The van der Waals surface area contributed by atoms with E-state index < -0.39 is 0 Å². The standard InChI is InChI=1S/C22H23FN2O3/c23-20-8-2-1-5-16(20)14-25(17-10-11-17)22(27)15-28-19-7-3-6-18(13-19)24-12-4-9-21(24)26/h1-3,5-8,13,17H,4,9-12,14-15H2. The smallest absolute Gasteiger partial charge is 0.261 e. The van der Waals surface area contributed by atoms with Gasteiger partial charge in [0.2, 0.25) is 5.91 Å². The summed E-state index contributed by atoms with van der Waals surface area (Å²) in [5.74, 6) is 0.198. The molecule has 1 heterocycles. The van der Waals surface area contributed by atoms with Gasteiger partial charge in [-0.2, -0.15) is 0 Å². The van der Waals surface area contributed by atoms with Crippen LogP contribution in [-0.4, -0.2) is 35.9 Å². The number of ether oxygens (including phenoxy) is 1. The summed E-state index contributed by atoms with van der Waals surface area (Å²) in [6.07, 6.45) is 3.30. The first kappa shape index (κ1) is 18.5. The van der Waals surface area contributed by atoms with Crippen molar-refractivity contribution in [3.05, 3.63) is 59.9 Å². The Bertz CT molecular complexity index is 882. The zero-order valence-corrected chi connectivity index (χ0v) is 15.6. The Morgan fingerprint density at radius 2 is 2.00 bits per heavy atom. The van der Waals surface area contributed by atoms with E-state index in [2.05, 4.69) is 0 Å². The molecule has 1 saturated heterocycles. The molecule has 2 amide bonds. The number of rotatable bonds is 7. The first-order valence-corrected chi connectivity index (χ1v) is 9.68. The van der Waals surface area contributed by atoms with Crippen molar-refractivity contribution in [1.82, 2.24) is 4.90 Å². The Labute approximate surface area is 163 Å². The van der Waals surface area contributed by atoms with Gasteiger partial charge in [-0.3, -0.25) is 9.59 Å². The predicted molar refractivity (Wildman–Crippen MR) is 103 cm³/mol. The van der Waals surface area contributed by atoms with Gasteiger partial charge in [-0.25, -0.2) is 4.39 Å². The molecule has 28 heavy (non-hydrogen) atoms. The second-order valence-corrected chi connectivity index (χ2v) is 7.28. The highest BCUT2D eigenvalue weighted by Gasteiger charge is 2.33. The maximum Gasteiger partial charge on any atom is 0.261 e. The Morgan fingerprint density at radius 3 is 2.71 bits per heavy atom. The van der Waals surface area contributed by atoms with Crippen LogP contribution in [0.4, 0.5) is 10.1 Å². The van der Waals surface area contributed by atoms with Gasteiger partial charge in [-0.05, 0) is 37.5 Å². The molecule has 5 nitrogen and oxygen atoms in total. The molecule has 2 aromatic rings. The van der Waals surface area contributed by atoms with E-state index in [4.69, 9.17) is 4.74 Å². The number of halogens is 1. The van der Waals surface area contributed by atoms with E-state index in [-0.39, 0.29) is 36.8 Å². The van der Waals surface area contributed by atoms with Crippen molar-refractivity contribution in [2.24, 2.45) is 0 Å². The SMILES string of the molecule is O=C1CCCN1c1cccc(OCC(=O)N(Cc2ccccc2F)C2CC2)c1. The van der Waals surface area contributed by atoms with Crippen LogP contribution in [0.15, 0.2) is 48.5 Å². The molecule has 2 aliphatic rings. The van der Waals surface area contributed by atoms with Crippen LogP contribution in [0, 0.1) is 5.82 Å². The highest BCUT2D eigenvalue weighted by molar-refractivity contribution is 5.95. The number of nitrogens with zero attached hydrogens (tertiary/aromatic N) is 2. The van der Waals surface area contributed by atoms with Crippen molar-refractivity contribution in [2.45, 2.75) is 38.3 Å². The minimum atomic E-state index is -0.301. The number of amides is 2. The Hall–Kier alpha value is -2.89. The Balaban J connectivity index is 1.40. The van der Waals surface area contributed by atoms with E-state index in [0.29, 0.717) is 24.3 Å². The lowest BCUT2D eigenvalue weighted by Crippen LogP contribution is -2.36. The molecule has 6 heteroatoms. The van der Waals surface area contributed by atoms with E-state index in [1.54, 1.807) is 40.1 Å². The van der Waals surface area contributed by atoms with Gasteiger partial charge in [-0.1, -0.05) is 24.3 Å². The van der Waals surface area contributed by atoms with Gasteiger partial charge in [0, 0.05) is 42.9 Å². The minimum absolute atomic E-state index is 0.109. The summed E-state index contributed by atoms with van der Waals surface area (Å²) in [6.45, 7) is 0.851. The Morgan fingerprint density at radius 1 is 1.18 bits per heavy atom. The molecule has 2 fully saturated rings. The molecule has 1 aliphatic heterocycles. The summed E-state index contributed by atoms with van der Waals surface area (Å²) in [5.41, 5.74) is 1.30. The quantitative estimate of drug-likeness (QED) is 0.736. The molecule has 0 N–H and O–H groups in total. The van der Waals surface area contributed by atoms with Gasteiger partial charge in [0.15, 0.2) is 6.61 Å². The molecular weight excluding hydrogens is 359 g/mol. The summed E-state index contributed by atoms with van der Waals surface area (Å²) >= 11 is 0. The fourth-order valence-corrected chi connectivity index (χ4v) is 3.51. The third-order valence-electron chi connectivity index (χ3n) is 5.17. The number of hydrogen-bond acceptors (Lipinski definition) is 3. The minimum Gasteiger partial charge on any atom is -0.484 e. The summed E-state index contributed by atoms with van der Waals surface area (Å²) in [4.78, 5) is 28.1. The second-order valence-electron chi connectivity index (χ2n) is 7.28. The number of benzene rings is 2. The summed E-state index contributed by atoms with van der Waals surface area (Å²) in [6, 6.07) is 13.9. The molecule has 4 rings (SSSR count). The van der Waals surface area contributed by atoms with Crippen LogP contribution in [-0.2, 0) is 16.1 Å². The van der Waals surface area contributed by atoms with Gasteiger partial charge in [0.1, 0.15) is 11.6 Å². The molecule has 1 saturated carbocycles. The summed E-state index contributed by atoms with van der Waals surface area (Å²) < 4.78 is 19.7. The van der Waals surface area contributed by atoms with E-state index in [1.807, 2.05) is 12.1 Å². The van der Waals surface area contributed by atoms with E-state index in [0.717, 1.165) is 24.9 Å². The number of hydrogen-bond donors (Lipinski definition) is 0. The van der Waals surface area contributed by atoms with Crippen molar-refractivity contribution in [3.8, 4) is 5.75 Å². The van der Waals surface area contributed by atoms with Gasteiger partial charge < -0.3 is 14.5 Å². The highest BCUT2D eigenvalue weighted by Crippen LogP contribution is 2.29. The Kier molecular flexibility index (Phi) is 5.28. The fraction of sp³-hybridized carbons (Fsp3) is 0.364. The highest BCUT2D eigenvalue weighted by atomic mass is 19.1. The van der Waals surface area contributed by atoms with Crippen molar-refractivity contribution < 1.29 is 18.7 Å². The lowest BCUT2D eigenvalue weighted by molar-refractivity contribution is -0.134. The first-order valence-electron chi connectivity index (χ1n) is 9.68. The fourth-order valence-electron chi connectivity index (χ4n) is 3.51. The van der Waals surface area contributed by atoms with Crippen LogP contribution in [0.2, 0.25) is 0 Å². The monoisotopic (exact) mass is 382 g/mol. The molecule has 0 unspecified atom stereocenters. The lowest BCUT2D eigenvalue weighted by atomic mass is 10.2. The average Bonchev–Trinajstić information content (AvgIpc) is 3.45. The zero-order chi connectivity index (χ0) is 19.5. The van der Waals surface area contributed by atoms with Crippen LogP contribution in [0.5, 0.6) is 5.75 Å². The molecular formula is C22H23FN2O3. The molecule has 146 valence electrons. The molecule has 0 bridgehead atoms. The normalized spacial score (nSPS) is 16.3. The molecule has 0 spiro atoms.